The van der Waals surface area contributed by atoms with Crippen LogP contribution >= 0.6 is 0 Å². The molecule has 1 atom stereocenters. The van der Waals surface area contributed by atoms with Gasteiger partial charge >= 0.3 is 0 Å². The molecule has 2 saturated carbocycles. The van der Waals surface area contributed by atoms with Crippen LogP contribution in [0, 0.1) is 29.6 Å². The van der Waals surface area contributed by atoms with Crippen molar-refractivity contribution in [1.82, 2.24) is 0 Å². The summed E-state index contributed by atoms with van der Waals surface area (Å²) in [6, 6.07) is 0. The largest absolute Gasteiger partial charge is 0.0625 e. The topological polar surface area (TPSA) is 0 Å². The van der Waals surface area contributed by atoms with Crippen LogP contribution in [0.4, 0.5) is 0 Å². The Morgan fingerprint density at radius 2 is 1.06 bits per heavy atom. The predicted molar refractivity (Wildman–Crippen MR) is 76.0 cm³/mol. The van der Waals surface area contributed by atoms with Crippen LogP contribution in [0.15, 0.2) is 0 Å². The Labute approximate surface area is 109 Å². The van der Waals surface area contributed by atoms with Gasteiger partial charge in [0.2, 0.25) is 0 Å². The Bertz CT molecular complexity index is 204. The molecule has 2 aliphatic rings. The van der Waals surface area contributed by atoms with Crippen LogP contribution in [-0.2, 0) is 0 Å². The van der Waals surface area contributed by atoms with Gasteiger partial charge in [0.05, 0.1) is 0 Å². The van der Waals surface area contributed by atoms with Crippen molar-refractivity contribution in [3.8, 4) is 0 Å². The molecule has 2 rings (SSSR count). The summed E-state index contributed by atoms with van der Waals surface area (Å²) in [7, 11) is 0. The van der Waals surface area contributed by atoms with E-state index >= 15 is 0 Å². The number of hydrogen-bond acceptors (Lipinski definition) is 0. The molecule has 17 heavy (non-hydrogen) atoms. The lowest BCUT2D eigenvalue weighted by molar-refractivity contribution is 0.126. The second-order valence-electron chi connectivity index (χ2n) is 7.18. The fraction of sp³-hybridized carbons (Fsp3) is 1.00. The van der Waals surface area contributed by atoms with Crippen molar-refractivity contribution in [3.63, 3.8) is 0 Å². The SMILES string of the molecule is CC(C)C1CCC(C(C)C2CCCCC2)CC1. The lowest BCUT2D eigenvalue weighted by Gasteiger charge is -2.38. The van der Waals surface area contributed by atoms with E-state index in [4.69, 9.17) is 0 Å². The first kappa shape index (κ1) is 13.4. The van der Waals surface area contributed by atoms with Crippen molar-refractivity contribution in [2.75, 3.05) is 0 Å². The molecule has 0 aromatic rings. The second-order valence-corrected chi connectivity index (χ2v) is 7.18. The van der Waals surface area contributed by atoms with E-state index in [0.29, 0.717) is 0 Å². The van der Waals surface area contributed by atoms with E-state index in [1.165, 1.54) is 57.8 Å². The minimum absolute atomic E-state index is 0.918. The van der Waals surface area contributed by atoms with Crippen LogP contribution in [0.2, 0.25) is 0 Å². The van der Waals surface area contributed by atoms with Gasteiger partial charge in [-0.2, -0.15) is 0 Å². The van der Waals surface area contributed by atoms with Gasteiger partial charge in [-0.3, -0.25) is 0 Å². The van der Waals surface area contributed by atoms with Crippen LogP contribution in [0.5, 0.6) is 0 Å². The average molecular weight is 236 g/mol. The lowest BCUT2D eigenvalue weighted by Crippen LogP contribution is -2.28. The van der Waals surface area contributed by atoms with Crippen LogP contribution in [-0.4, -0.2) is 0 Å². The maximum absolute atomic E-state index is 2.57. The molecular formula is C17H32. The van der Waals surface area contributed by atoms with Gasteiger partial charge in [0, 0.05) is 0 Å². The molecule has 0 aromatic heterocycles. The van der Waals surface area contributed by atoms with Gasteiger partial charge in [-0.15, -0.1) is 0 Å². The summed E-state index contributed by atoms with van der Waals surface area (Å²) in [6.07, 6.45) is 13.7. The summed E-state index contributed by atoms with van der Waals surface area (Å²) in [5.41, 5.74) is 0. The smallest absolute Gasteiger partial charge is 0.0386 e. The Morgan fingerprint density at radius 1 is 0.588 bits per heavy atom. The highest BCUT2D eigenvalue weighted by atomic mass is 14.4. The van der Waals surface area contributed by atoms with Crippen molar-refractivity contribution >= 4 is 0 Å². The van der Waals surface area contributed by atoms with Crippen LogP contribution in [0.3, 0.4) is 0 Å². The third-order valence-corrected chi connectivity index (χ3v) is 5.90. The zero-order valence-electron chi connectivity index (χ0n) is 12.3. The summed E-state index contributed by atoms with van der Waals surface area (Å²) >= 11 is 0. The highest BCUT2D eigenvalue weighted by Crippen LogP contribution is 2.42. The summed E-state index contributed by atoms with van der Waals surface area (Å²) in [5, 5.41) is 0. The summed E-state index contributed by atoms with van der Waals surface area (Å²) in [5.74, 6) is 5.10. The molecule has 0 aliphatic heterocycles. The fourth-order valence-electron chi connectivity index (χ4n) is 4.38. The van der Waals surface area contributed by atoms with E-state index < -0.39 is 0 Å². The molecular weight excluding hydrogens is 204 g/mol. The summed E-state index contributed by atoms with van der Waals surface area (Å²) in [4.78, 5) is 0. The van der Waals surface area contributed by atoms with E-state index in [1.807, 2.05) is 0 Å². The summed E-state index contributed by atoms with van der Waals surface area (Å²) < 4.78 is 0. The Hall–Kier alpha value is 0. The van der Waals surface area contributed by atoms with Crippen LogP contribution in [0.1, 0.15) is 78.6 Å². The average Bonchev–Trinajstić information content (AvgIpc) is 2.39. The number of rotatable bonds is 3. The van der Waals surface area contributed by atoms with Gasteiger partial charge in [0.15, 0.2) is 0 Å². The first-order chi connectivity index (χ1) is 8.18. The van der Waals surface area contributed by atoms with Crippen LogP contribution in [0.25, 0.3) is 0 Å². The third-order valence-electron chi connectivity index (χ3n) is 5.90. The minimum atomic E-state index is 0.918. The minimum Gasteiger partial charge on any atom is -0.0625 e. The van der Waals surface area contributed by atoms with Gasteiger partial charge in [0.1, 0.15) is 0 Å². The van der Waals surface area contributed by atoms with E-state index in [-0.39, 0.29) is 0 Å². The van der Waals surface area contributed by atoms with Crippen molar-refractivity contribution in [2.24, 2.45) is 29.6 Å². The first-order valence-corrected chi connectivity index (χ1v) is 8.18. The number of hydrogen-bond donors (Lipinski definition) is 0. The molecule has 0 heteroatoms. The monoisotopic (exact) mass is 236 g/mol. The van der Waals surface area contributed by atoms with Crippen molar-refractivity contribution in [1.29, 1.82) is 0 Å². The fourth-order valence-corrected chi connectivity index (χ4v) is 4.38. The van der Waals surface area contributed by atoms with E-state index in [9.17, 15) is 0 Å². The van der Waals surface area contributed by atoms with Crippen molar-refractivity contribution in [2.45, 2.75) is 78.6 Å². The zero-order valence-corrected chi connectivity index (χ0v) is 12.3. The molecule has 0 saturated heterocycles. The zero-order chi connectivity index (χ0) is 12.3. The molecule has 0 spiro atoms. The molecule has 0 bridgehead atoms. The Kier molecular flexibility index (Phi) is 4.94. The summed E-state index contributed by atoms with van der Waals surface area (Å²) in [6.45, 7) is 7.39. The molecule has 0 nitrogen and oxygen atoms in total. The molecule has 2 fully saturated rings. The molecule has 0 amide bonds. The molecule has 1 unspecified atom stereocenters. The molecule has 0 radical (unpaired) electrons. The highest BCUT2D eigenvalue weighted by molar-refractivity contribution is 4.82. The molecule has 0 heterocycles. The molecule has 2 aliphatic carbocycles. The van der Waals surface area contributed by atoms with Gasteiger partial charge < -0.3 is 0 Å². The predicted octanol–water partition coefficient (Wildman–Crippen LogP) is 5.67. The Morgan fingerprint density at radius 3 is 1.59 bits per heavy atom. The van der Waals surface area contributed by atoms with E-state index in [1.54, 1.807) is 0 Å². The Balaban J connectivity index is 1.79. The van der Waals surface area contributed by atoms with Crippen molar-refractivity contribution < 1.29 is 0 Å². The molecule has 0 N–H and O–H groups in total. The van der Waals surface area contributed by atoms with Crippen molar-refractivity contribution in [3.05, 3.63) is 0 Å². The lowest BCUT2D eigenvalue weighted by atomic mass is 9.67. The maximum atomic E-state index is 2.57. The van der Waals surface area contributed by atoms with Gasteiger partial charge in [-0.1, -0.05) is 52.9 Å². The third kappa shape index (κ3) is 3.48. The highest BCUT2D eigenvalue weighted by Gasteiger charge is 2.31. The first-order valence-electron chi connectivity index (χ1n) is 8.18. The quantitative estimate of drug-likeness (QED) is 0.592. The second kappa shape index (κ2) is 6.25. The van der Waals surface area contributed by atoms with E-state index in [2.05, 4.69) is 20.8 Å². The van der Waals surface area contributed by atoms with Gasteiger partial charge in [0.25, 0.3) is 0 Å². The van der Waals surface area contributed by atoms with Gasteiger partial charge in [-0.05, 0) is 55.3 Å². The standard InChI is InChI=1S/C17H32/c1-13(2)15-9-11-17(12-10-15)14(3)16-7-5-4-6-8-16/h13-17H,4-12H2,1-3H3. The normalized spacial score (nSPS) is 33.9. The maximum Gasteiger partial charge on any atom is -0.0386 e. The molecule has 100 valence electrons. The van der Waals surface area contributed by atoms with Crippen LogP contribution < -0.4 is 0 Å². The van der Waals surface area contributed by atoms with Gasteiger partial charge in [-0.25, -0.2) is 0 Å². The van der Waals surface area contributed by atoms with E-state index in [0.717, 1.165) is 29.6 Å². The molecule has 0 aromatic carbocycles.